The van der Waals surface area contributed by atoms with Crippen LogP contribution in [-0.4, -0.2) is 24.0 Å². The van der Waals surface area contributed by atoms with Crippen molar-refractivity contribution in [1.82, 2.24) is 10.3 Å². The topological polar surface area (TPSA) is 94.3 Å². The highest BCUT2D eigenvalue weighted by Gasteiger charge is 2.16. The molecule has 2 rings (SSSR count). The minimum atomic E-state index is -0.0901. The van der Waals surface area contributed by atoms with Crippen molar-refractivity contribution >= 4 is 5.91 Å². The molecule has 0 spiro atoms. The van der Waals surface area contributed by atoms with Gasteiger partial charge >= 0.3 is 0 Å². The third-order valence-electron chi connectivity index (χ3n) is 3.00. The van der Waals surface area contributed by atoms with Crippen molar-refractivity contribution in [2.45, 2.75) is 20.3 Å². The molecular weight excluding hydrogens is 258 g/mol. The molecule has 3 N–H and O–H groups in total. The van der Waals surface area contributed by atoms with Crippen LogP contribution in [0.25, 0.3) is 11.7 Å². The summed E-state index contributed by atoms with van der Waals surface area (Å²) in [5.41, 5.74) is 6.12. The molecule has 0 aliphatic rings. The third-order valence-corrected chi connectivity index (χ3v) is 3.00. The Bertz CT molecular complexity index is 560. The first-order chi connectivity index (χ1) is 9.60. The fraction of sp³-hybridized carbons (Fsp3) is 0.429. The number of hydrogen-bond acceptors (Lipinski definition) is 5. The maximum Gasteiger partial charge on any atom is 0.263 e. The van der Waals surface area contributed by atoms with E-state index >= 15 is 0 Å². The summed E-state index contributed by atoms with van der Waals surface area (Å²) in [6.45, 7) is 4.88. The van der Waals surface area contributed by atoms with E-state index in [2.05, 4.69) is 10.3 Å². The molecule has 0 aromatic carbocycles. The average molecular weight is 277 g/mol. The summed E-state index contributed by atoms with van der Waals surface area (Å²) in [6.07, 6.45) is 1.74. The normalized spacial score (nSPS) is 12.3. The van der Waals surface area contributed by atoms with Crippen molar-refractivity contribution in [3.05, 3.63) is 29.9 Å². The first-order valence-corrected chi connectivity index (χ1v) is 6.57. The van der Waals surface area contributed by atoms with Crippen LogP contribution in [0.2, 0.25) is 0 Å². The summed E-state index contributed by atoms with van der Waals surface area (Å²) in [6, 6.07) is 3.52. The van der Waals surface area contributed by atoms with E-state index in [9.17, 15) is 4.79 Å². The zero-order valence-electron chi connectivity index (χ0n) is 11.7. The molecule has 1 atom stereocenters. The fourth-order valence-electron chi connectivity index (χ4n) is 1.68. The number of nitrogens with two attached hydrogens (primary N) is 1. The number of amides is 1. The Kier molecular flexibility index (Phi) is 4.57. The molecule has 0 radical (unpaired) electrons. The Morgan fingerprint density at radius 2 is 2.35 bits per heavy atom. The maximum atomic E-state index is 11.8. The zero-order valence-corrected chi connectivity index (χ0v) is 11.7. The number of carbonyl (C=O) groups excluding carboxylic acids is 1. The van der Waals surface area contributed by atoms with Crippen LogP contribution in [0.4, 0.5) is 0 Å². The molecule has 0 aliphatic carbocycles. The number of nitrogens with zero attached hydrogens (tertiary/aromatic N) is 1. The van der Waals surface area contributed by atoms with Gasteiger partial charge in [-0.1, -0.05) is 6.92 Å². The summed E-state index contributed by atoms with van der Waals surface area (Å²) < 4.78 is 10.7. The van der Waals surface area contributed by atoms with Crippen LogP contribution in [0.1, 0.15) is 18.4 Å². The molecular formula is C14H19N3O3. The lowest BCUT2D eigenvalue weighted by molar-refractivity contribution is -0.120. The van der Waals surface area contributed by atoms with Crippen LogP contribution in [0, 0.1) is 12.8 Å². The van der Waals surface area contributed by atoms with Gasteiger partial charge in [0, 0.05) is 6.54 Å². The van der Waals surface area contributed by atoms with Crippen molar-refractivity contribution in [2.24, 2.45) is 11.7 Å². The molecule has 2 heterocycles. The number of hydrogen-bond donors (Lipinski definition) is 2. The summed E-state index contributed by atoms with van der Waals surface area (Å²) in [5.74, 6) is 1.74. The number of rotatable bonds is 6. The number of furan rings is 1. The smallest absolute Gasteiger partial charge is 0.263 e. The number of aryl methyl sites for hydroxylation is 1. The van der Waals surface area contributed by atoms with Gasteiger partial charge in [-0.15, -0.1) is 0 Å². The second-order valence-corrected chi connectivity index (χ2v) is 4.82. The van der Waals surface area contributed by atoms with Crippen LogP contribution in [0.3, 0.4) is 0 Å². The molecule has 0 aliphatic heterocycles. The van der Waals surface area contributed by atoms with E-state index in [1.54, 1.807) is 25.3 Å². The van der Waals surface area contributed by atoms with Gasteiger partial charge in [0.1, 0.15) is 5.76 Å². The first-order valence-electron chi connectivity index (χ1n) is 6.57. The lowest BCUT2D eigenvalue weighted by Crippen LogP contribution is -2.32. The van der Waals surface area contributed by atoms with E-state index in [1.807, 2.05) is 6.92 Å². The summed E-state index contributed by atoms with van der Waals surface area (Å²) >= 11 is 0. The highest BCUT2D eigenvalue weighted by atomic mass is 16.4. The number of aromatic nitrogens is 1. The lowest BCUT2D eigenvalue weighted by Gasteiger charge is -2.09. The van der Waals surface area contributed by atoms with E-state index in [0.717, 1.165) is 0 Å². The number of carbonyl (C=O) groups is 1. The van der Waals surface area contributed by atoms with Crippen LogP contribution in [0.15, 0.2) is 27.2 Å². The molecule has 6 heteroatoms. The summed E-state index contributed by atoms with van der Waals surface area (Å²) in [7, 11) is 0. The van der Waals surface area contributed by atoms with Gasteiger partial charge in [0.15, 0.2) is 5.76 Å². The van der Waals surface area contributed by atoms with Gasteiger partial charge < -0.3 is 19.9 Å². The second kappa shape index (κ2) is 6.38. The highest BCUT2D eigenvalue weighted by Crippen LogP contribution is 2.22. The SMILES string of the molecule is Cc1oc(-c2ccco2)nc1CC(=O)NCC(C)CN. The van der Waals surface area contributed by atoms with Crippen LogP contribution < -0.4 is 11.1 Å². The third kappa shape index (κ3) is 3.48. The van der Waals surface area contributed by atoms with Crippen molar-refractivity contribution in [3.8, 4) is 11.7 Å². The predicted molar refractivity (Wildman–Crippen MR) is 73.9 cm³/mol. The first kappa shape index (κ1) is 14.3. The van der Waals surface area contributed by atoms with Crippen molar-refractivity contribution < 1.29 is 13.6 Å². The van der Waals surface area contributed by atoms with Gasteiger partial charge in [-0.2, -0.15) is 0 Å². The molecule has 2 aromatic rings. The number of nitrogens with one attached hydrogen (secondary N) is 1. The van der Waals surface area contributed by atoms with Crippen molar-refractivity contribution in [1.29, 1.82) is 0 Å². The van der Waals surface area contributed by atoms with Crippen molar-refractivity contribution in [2.75, 3.05) is 13.1 Å². The largest absolute Gasteiger partial charge is 0.459 e. The molecule has 20 heavy (non-hydrogen) atoms. The molecule has 0 saturated carbocycles. The van der Waals surface area contributed by atoms with Crippen LogP contribution in [-0.2, 0) is 11.2 Å². The Balaban J connectivity index is 1.98. The molecule has 2 aromatic heterocycles. The molecule has 6 nitrogen and oxygen atoms in total. The Morgan fingerprint density at radius 1 is 1.55 bits per heavy atom. The van der Waals surface area contributed by atoms with E-state index in [4.69, 9.17) is 14.6 Å². The monoisotopic (exact) mass is 277 g/mol. The van der Waals surface area contributed by atoms with Crippen molar-refractivity contribution in [3.63, 3.8) is 0 Å². The van der Waals surface area contributed by atoms with Gasteiger partial charge in [-0.05, 0) is 31.5 Å². The van der Waals surface area contributed by atoms with Crippen LogP contribution >= 0.6 is 0 Å². The quantitative estimate of drug-likeness (QED) is 0.834. The maximum absolute atomic E-state index is 11.8. The standard InChI is InChI=1S/C14H19N3O3/c1-9(7-15)8-16-13(18)6-11-10(2)20-14(17-11)12-4-3-5-19-12/h3-5,9H,6-8,15H2,1-2H3,(H,16,18). The summed E-state index contributed by atoms with van der Waals surface area (Å²) in [5, 5.41) is 2.83. The number of oxazole rings is 1. The molecule has 0 bridgehead atoms. The van der Waals surface area contributed by atoms with Gasteiger partial charge in [0.2, 0.25) is 5.91 Å². The minimum absolute atomic E-state index is 0.0901. The van der Waals surface area contributed by atoms with E-state index in [0.29, 0.717) is 36.2 Å². The highest BCUT2D eigenvalue weighted by molar-refractivity contribution is 5.78. The van der Waals surface area contributed by atoms with Gasteiger partial charge in [0.05, 0.1) is 18.4 Å². The van der Waals surface area contributed by atoms with E-state index in [-0.39, 0.29) is 18.2 Å². The lowest BCUT2D eigenvalue weighted by atomic mass is 10.2. The van der Waals surface area contributed by atoms with E-state index in [1.165, 1.54) is 0 Å². The van der Waals surface area contributed by atoms with Gasteiger partial charge in [-0.3, -0.25) is 4.79 Å². The van der Waals surface area contributed by atoms with Gasteiger partial charge in [-0.25, -0.2) is 4.98 Å². The molecule has 1 amide bonds. The molecule has 108 valence electrons. The van der Waals surface area contributed by atoms with Gasteiger partial charge in [0.25, 0.3) is 5.89 Å². The summed E-state index contributed by atoms with van der Waals surface area (Å²) in [4.78, 5) is 16.1. The average Bonchev–Trinajstić information content (AvgIpc) is 3.06. The second-order valence-electron chi connectivity index (χ2n) is 4.82. The predicted octanol–water partition coefficient (Wildman–Crippen LogP) is 1.50. The zero-order chi connectivity index (χ0) is 14.5. The molecule has 0 fully saturated rings. The molecule has 0 saturated heterocycles. The van der Waals surface area contributed by atoms with Crippen LogP contribution in [0.5, 0.6) is 0 Å². The fourth-order valence-corrected chi connectivity index (χ4v) is 1.68. The minimum Gasteiger partial charge on any atom is -0.459 e. The Morgan fingerprint density at radius 3 is 3.00 bits per heavy atom. The Hall–Kier alpha value is -2.08. The Labute approximate surface area is 117 Å². The van der Waals surface area contributed by atoms with E-state index < -0.39 is 0 Å². The molecule has 1 unspecified atom stereocenters.